The van der Waals surface area contributed by atoms with Gasteiger partial charge in [0.05, 0.1) is 11.6 Å². The molecule has 1 fully saturated rings. The second-order valence-corrected chi connectivity index (χ2v) is 8.38. The number of nitrogens with zero attached hydrogens (tertiary/aromatic N) is 7. The monoisotopic (exact) mass is 466 g/mol. The molecule has 5 rings (SSSR count). The first-order valence-corrected chi connectivity index (χ1v) is 10.6. The standard InChI is InChI=1S/C21H19ClN8O3/c1-11-7-16(30(27-11)21-25-18-15(20(33)26-21)9-23-28(18)2)24-19(32)12-8-17(31)29(10-12)14-5-3-13(22)4-6-14/h3-7,9,12,15H,8,10H2,1-2H3,(H,24,32). The molecule has 2 atom stereocenters. The molecule has 1 aromatic carbocycles. The Hall–Kier alpha value is -3.86. The Morgan fingerprint density at radius 3 is 2.70 bits per heavy atom. The molecule has 3 amide bonds. The third kappa shape index (κ3) is 3.80. The van der Waals surface area contributed by atoms with Gasteiger partial charge in [0.1, 0.15) is 17.6 Å². The van der Waals surface area contributed by atoms with Gasteiger partial charge in [-0.05, 0) is 31.2 Å². The maximum atomic E-state index is 13.0. The molecular formula is C21H19ClN8O3. The lowest BCUT2D eigenvalue weighted by molar-refractivity contribution is -0.122. The number of amides is 3. The topological polar surface area (TPSA) is 125 Å². The molecule has 1 aromatic heterocycles. The number of rotatable bonds is 3. The summed E-state index contributed by atoms with van der Waals surface area (Å²) >= 11 is 5.93. The molecule has 1 N–H and O–H groups in total. The van der Waals surface area contributed by atoms with Crippen LogP contribution in [0.5, 0.6) is 0 Å². The van der Waals surface area contributed by atoms with E-state index in [1.54, 1.807) is 49.2 Å². The molecule has 3 aliphatic rings. The smallest absolute Gasteiger partial charge is 0.265 e. The van der Waals surface area contributed by atoms with Gasteiger partial charge in [0, 0.05) is 43.0 Å². The third-order valence-corrected chi connectivity index (χ3v) is 5.85. The number of halogens is 1. The summed E-state index contributed by atoms with van der Waals surface area (Å²) in [5.41, 5.74) is 1.29. The van der Waals surface area contributed by atoms with Gasteiger partial charge < -0.3 is 10.2 Å². The second-order valence-electron chi connectivity index (χ2n) is 7.94. The molecule has 2 unspecified atom stereocenters. The van der Waals surface area contributed by atoms with Gasteiger partial charge in [0.25, 0.3) is 11.9 Å². The van der Waals surface area contributed by atoms with E-state index in [2.05, 4.69) is 25.5 Å². The lowest BCUT2D eigenvalue weighted by Crippen LogP contribution is -2.35. The average Bonchev–Trinajstić information content (AvgIpc) is 3.46. The Morgan fingerprint density at radius 1 is 1.18 bits per heavy atom. The summed E-state index contributed by atoms with van der Waals surface area (Å²) in [4.78, 5) is 48.0. The van der Waals surface area contributed by atoms with Crippen molar-refractivity contribution in [2.24, 2.45) is 26.9 Å². The Bertz CT molecular complexity index is 1260. The number of carbonyl (C=O) groups excluding carboxylic acids is 3. The zero-order valence-corrected chi connectivity index (χ0v) is 18.5. The summed E-state index contributed by atoms with van der Waals surface area (Å²) in [5.74, 6) is -1.28. The minimum Gasteiger partial charge on any atom is -0.312 e. The van der Waals surface area contributed by atoms with Crippen molar-refractivity contribution in [3.05, 3.63) is 41.0 Å². The van der Waals surface area contributed by atoms with Crippen LogP contribution in [0.15, 0.2) is 45.4 Å². The number of aliphatic imine (C=N–C) groups is 2. The number of aryl methyl sites for hydroxylation is 1. The number of fused-ring (bicyclic) bond motifs is 1. The highest BCUT2D eigenvalue weighted by atomic mass is 35.5. The van der Waals surface area contributed by atoms with Crippen LogP contribution in [0.2, 0.25) is 5.02 Å². The molecule has 0 radical (unpaired) electrons. The van der Waals surface area contributed by atoms with E-state index in [4.69, 9.17) is 11.6 Å². The predicted molar refractivity (Wildman–Crippen MR) is 123 cm³/mol. The number of anilines is 2. The Kier molecular flexibility index (Phi) is 5.05. The van der Waals surface area contributed by atoms with E-state index in [1.807, 2.05) is 0 Å². The molecule has 1 saturated heterocycles. The van der Waals surface area contributed by atoms with Crippen molar-refractivity contribution in [3.63, 3.8) is 0 Å². The van der Waals surface area contributed by atoms with Crippen LogP contribution >= 0.6 is 11.6 Å². The van der Waals surface area contributed by atoms with Crippen LogP contribution in [-0.2, 0) is 14.4 Å². The average molecular weight is 467 g/mol. The molecule has 2 aromatic rings. The molecule has 11 nitrogen and oxygen atoms in total. The minimum absolute atomic E-state index is 0.0392. The zero-order chi connectivity index (χ0) is 23.3. The van der Waals surface area contributed by atoms with E-state index >= 15 is 0 Å². The van der Waals surface area contributed by atoms with Crippen molar-refractivity contribution in [2.75, 3.05) is 23.8 Å². The fraction of sp³-hybridized carbons (Fsp3) is 0.286. The largest absolute Gasteiger partial charge is 0.312 e. The van der Waals surface area contributed by atoms with E-state index in [9.17, 15) is 14.4 Å². The van der Waals surface area contributed by atoms with Crippen LogP contribution in [0.1, 0.15) is 12.1 Å². The van der Waals surface area contributed by atoms with Crippen LogP contribution in [0, 0.1) is 18.8 Å². The Morgan fingerprint density at radius 2 is 1.94 bits per heavy atom. The molecule has 12 heteroatoms. The molecule has 0 saturated carbocycles. The van der Waals surface area contributed by atoms with Gasteiger partial charge in [0.15, 0.2) is 0 Å². The number of hydrogen-bond acceptors (Lipinski definition) is 7. The van der Waals surface area contributed by atoms with Crippen molar-refractivity contribution in [1.29, 1.82) is 0 Å². The Balaban J connectivity index is 1.35. The highest BCUT2D eigenvalue weighted by Crippen LogP contribution is 2.27. The summed E-state index contributed by atoms with van der Waals surface area (Å²) in [7, 11) is 1.69. The molecule has 4 heterocycles. The van der Waals surface area contributed by atoms with E-state index in [-0.39, 0.29) is 30.7 Å². The fourth-order valence-corrected chi connectivity index (χ4v) is 4.05. The molecular weight excluding hydrogens is 448 g/mol. The van der Waals surface area contributed by atoms with Crippen molar-refractivity contribution in [3.8, 4) is 0 Å². The van der Waals surface area contributed by atoms with Gasteiger partial charge in [-0.25, -0.2) is 0 Å². The van der Waals surface area contributed by atoms with Crippen LogP contribution in [0.3, 0.4) is 0 Å². The fourth-order valence-electron chi connectivity index (χ4n) is 3.92. The summed E-state index contributed by atoms with van der Waals surface area (Å²) in [6.07, 6.45) is 1.56. The number of aromatic nitrogens is 2. The number of benzene rings is 1. The molecule has 0 spiro atoms. The second kappa shape index (κ2) is 7.93. The van der Waals surface area contributed by atoms with Crippen LogP contribution in [0.4, 0.5) is 11.5 Å². The van der Waals surface area contributed by atoms with E-state index < -0.39 is 17.7 Å². The summed E-state index contributed by atoms with van der Waals surface area (Å²) in [6.45, 7) is 1.99. The molecule has 33 heavy (non-hydrogen) atoms. The van der Waals surface area contributed by atoms with Crippen LogP contribution in [-0.4, -0.2) is 64.1 Å². The van der Waals surface area contributed by atoms with Crippen molar-refractivity contribution in [1.82, 2.24) is 14.8 Å². The maximum Gasteiger partial charge on any atom is 0.265 e. The molecule has 168 valence electrons. The number of nitrogens with one attached hydrogen (secondary N) is 1. The summed E-state index contributed by atoms with van der Waals surface area (Å²) in [5, 5.41) is 13.3. The first-order chi connectivity index (χ1) is 15.8. The lowest BCUT2D eigenvalue weighted by atomic mass is 10.1. The maximum absolute atomic E-state index is 13.0. The van der Waals surface area contributed by atoms with Gasteiger partial charge in [-0.15, -0.1) is 0 Å². The van der Waals surface area contributed by atoms with E-state index in [1.165, 1.54) is 15.9 Å². The highest BCUT2D eigenvalue weighted by Gasteiger charge is 2.37. The van der Waals surface area contributed by atoms with Gasteiger partial charge in [-0.2, -0.15) is 24.9 Å². The first-order valence-electron chi connectivity index (χ1n) is 10.2. The van der Waals surface area contributed by atoms with Gasteiger partial charge >= 0.3 is 0 Å². The van der Waals surface area contributed by atoms with Crippen molar-refractivity contribution in [2.45, 2.75) is 13.3 Å². The van der Waals surface area contributed by atoms with Gasteiger partial charge in [-0.3, -0.25) is 19.4 Å². The first kappa shape index (κ1) is 21.0. The highest BCUT2D eigenvalue weighted by molar-refractivity contribution is 6.30. The minimum atomic E-state index is -0.614. The molecule has 0 bridgehead atoms. The van der Waals surface area contributed by atoms with Gasteiger partial charge in [0.2, 0.25) is 11.8 Å². The SMILES string of the molecule is Cc1cc(NC(=O)C2CC(=O)N(c3ccc(Cl)cc3)C2)n(C2=NC(=O)C3C=NN(C)C3=N2)n1. The predicted octanol–water partition coefficient (Wildman–Crippen LogP) is 1.53. The van der Waals surface area contributed by atoms with Crippen molar-refractivity contribution >= 4 is 58.8 Å². The number of amidine groups is 1. The van der Waals surface area contributed by atoms with E-state index in [0.29, 0.717) is 28.1 Å². The zero-order valence-electron chi connectivity index (χ0n) is 17.8. The van der Waals surface area contributed by atoms with Gasteiger partial charge in [-0.1, -0.05) is 11.6 Å². The summed E-state index contributed by atoms with van der Waals surface area (Å²) in [6, 6.07) is 8.54. The van der Waals surface area contributed by atoms with Crippen LogP contribution in [0.25, 0.3) is 0 Å². The Labute approximate surface area is 193 Å². The molecule has 3 aliphatic heterocycles. The lowest BCUT2D eigenvalue weighted by Gasteiger charge is -2.18. The number of hydrogen-bond donors (Lipinski definition) is 1. The van der Waals surface area contributed by atoms with E-state index in [0.717, 1.165) is 0 Å². The van der Waals surface area contributed by atoms with Crippen molar-refractivity contribution < 1.29 is 14.4 Å². The molecule has 0 aliphatic carbocycles. The normalized spacial score (nSPS) is 21.9. The number of carbonyl (C=O) groups is 3. The van der Waals surface area contributed by atoms with Crippen LogP contribution < -0.4 is 10.2 Å². The summed E-state index contributed by atoms with van der Waals surface area (Å²) < 4.78 is 1.31. The quantitative estimate of drug-likeness (QED) is 0.734. The third-order valence-electron chi connectivity index (χ3n) is 5.60. The number of hydrazone groups is 1.